The molecule has 0 radical (unpaired) electrons. The lowest BCUT2D eigenvalue weighted by molar-refractivity contribution is -0.116. The molecule has 3 aromatic rings. The van der Waals surface area contributed by atoms with Crippen molar-refractivity contribution in [1.29, 1.82) is 0 Å². The molecule has 0 unspecified atom stereocenters. The van der Waals surface area contributed by atoms with Crippen LogP contribution in [0.2, 0.25) is 10.0 Å². The van der Waals surface area contributed by atoms with Crippen LogP contribution in [-0.2, 0) is 10.2 Å². The number of fused-ring (bicyclic) bond motifs is 2. The van der Waals surface area contributed by atoms with Gasteiger partial charge in [-0.15, -0.1) is 0 Å². The number of halogens is 4. The van der Waals surface area contributed by atoms with Crippen molar-refractivity contribution in [2.24, 2.45) is 0 Å². The van der Waals surface area contributed by atoms with Crippen LogP contribution in [0.3, 0.4) is 0 Å². The van der Waals surface area contributed by atoms with Crippen molar-refractivity contribution < 1.29 is 18.4 Å². The van der Waals surface area contributed by atoms with E-state index in [-0.39, 0.29) is 34.8 Å². The number of likely N-dealkylation sites (tertiary alicyclic amines) is 1. The average Bonchev–Trinajstić information content (AvgIpc) is 3.26. The fraction of sp³-hybridized carbons (Fsp3) is 0.375. The van der Waals surface area contributed by atoms with E-state index in [1.54, 1.807) is 42.0 Å². The molecule has 41 heavy (non-hydrogen) atoms. The maximum absolute atomic E-state index is 14.2. The van der Waals surface area contributed by atoms with E-state index in [2.05, 4.69) is 4.90 Å². The van der Waals surface area contributed by atoms with Crippen molar-refractivity contribution >= 4 is 40.7 Å². The quantitative estimate of drug-likeness (QED) is 0.296. The first-order valence-corrected chi connectivity index (χ1v) is 14.6. The Morgan fingerprint density at radius 1 is 0.951 bits per heavy atom. The van der Waals surface area contributed by atoms with Crippen LogP contribution in [0.1, 0.15) is 53.6 Å². The molecule has 1 saturated heterocycles. The van der Waals surface area contributed by atoms with Gasteiger partial charge in [-0.2, -0.15) is 0 Å². The third kappa shape index (κ3) is 6.27. The number of hydrogen-bond acceptors (Lipinski definition) is 3. The van der Waals surface area contributed by atoms with Crippen LogP contribution in [0.5, 0.6) is 0 Å². The molecule has 2 aliphatic heterocycles. The molecule has 3 aromatic carbocycles. The van der Waals surface area contributed by atoms with Gasteiger partial charge in [-0.1, -0.05) is 29.3 Å². The van der Waals surface area contributed by atoms with E-state index in [4.69, 9.17) is 23.2 Å². The molecular formula is C32H33Cl2F2N3O2. The van der Waals surface area contributed by atoms with Gasteiger partial charge in [-0.05, 0) is 105 Å². The molecule has 0 saturated carbocycles. The Kier molecular flexibility index (Phi) is 8.69. The molecule has 5 rings (SSSR count). The Morgan fingerprint density at radius 3 is 2.29 bits per heavy atom. The molecular weight excluding hydrogens is 567 g/mol. The first-order valence-electron chi connectivity index (χ1n) is 13.8. The summed E-state index contributed by atoms with van der Waals surface area (Å²) >= 11 is 12.5. The normalized spacial score (nSPS) is 17.0. The Labute approximate surface area is 249 Å². The van der Waals surface area contributed by atoms with Gasteiger partial charge in [0, 0.05) is 49.6 Å². The van der Waals surface area contributed by atoms with E-state index >= 15 is 0 Å². The molecule has 1 spiro atoms. The van der Waals surface area contributed by atoms with E-state index < -0.39 is 0 Å². The minimum atomic E-state index is -0.388. The van der Waals surface area contributed by atoms with Crippen molar-refractivity contribution in [3.8, 4) is 0 Å². The number of anilines is 1. The second-order valence-corrected chi connectivity index (χ2v) is 12.1. The smallest absolute Gasteiger partial charge is 0.253 e. The van der Waals surface area contributed by atoms with Gasteiger partial charge in [0.15, 0.2) is 0 Å². The predicted molar refractivity (Wildman–Crippen MR) is 159 cm³/mol. The van der Waals surface area contributed by atoms with E-state index in [1.807, 2.05) is 12.1 Å². The lowest BCUT2D eigenvalue weighted by atomic mass is 9.74. The molecule has 2 amide bonds. The second-order valence-electron chi connectivity index (χ2n) is 11.2. The molecule has 9 heteroatoms. The molecule has 0 bridgehead atoms. The maximum atomic E-state index is 14.2. The Balaban J connectivity index is 1.28. The molecule has 0 aliphatic carbocycles. The second kappa shape index (κ2) is 12.1. The minimum absolute atomic E-state index is 0.00967. The van der Waals surface area contributed by atoms with Crippen molar-refractivity contribution in [2.75, 3.05) is 44.7 Å². The summed E-state index contributed by atoms with van der Waals surface area (Å²) in [6.07, 6.45) is 2.43. The van der Waals surface area contributed by atoms with Crippen LogP contribution in [0.25, 0.3) is 0 Å². The third-order valence-corrected chi connectivity index (χ3v) is 9.35. The van der Waals surface area contributed by atoms with Gasteiger partial charge >= 0.3 is 0 Å². The van der Waals surface area contributed by atoms with Gasteiger partial charge in [0.1, 0.15) is 11.6 Å². The maximum Gasteiger partial charge on any atom is 0.253 e. The van der Waals surface area contributed by atoms with Crippen molar-refractivity contribution in [1.82, 2.24) is 9.80 Å². The number of carbonyl (C=O) groups excluding carboxylic acids is 2. The number of rotatable bonds is 7. The van der Waals surface area contributed by atoms with E-state index in [0.717, 1.165) is 55.7 Å². The van der Waals surface area contributed by atoms with Crippen molar-refractivity contribution in [3.63, 3.8) is 0 Å². The highest BCUT2D eigenvalue weighted by molar-refractivity contribution is 6.42. The first-order chi connectivity index (χ1) is 19.6. The molecule has 2 aliphatic rings. The highest BCUT2D eigenvalue weighted by atomic mass is 35.5. The molecule has 1 atom stereocenters. The summed E-state index contributed by atoms with van der Waals surface area (Å²) in [7, 11) is 1.75. The summed E-state index contributed by atoms with van der Waals surface area (Å²) in [6.45, 7) is 5.03. The lowest BCUT2D eigenvalue weighted by Crippen LogP contribution is -2.46. The highest BCUT2D eigenvalue weighted by Gasteiger charge is 2.45. The van der Waals surface area contributed by atoms with Crippen LogP contribution >= 0.6 is 23.2 Å². The molecule has 1 fully saturated rings. The fourth-order valence-corrected chi connectivity index (χ4v) is 6.56. The van der Waals surface area contributed by atoms with Gasteiger partial charge in [0.05, 0.1) is 10.0 Å². The molecule has 0 aromatic heterocycles. The first kappa shape index (κ1) is 29.5. The summed E-state index contributed by atoms with van der Waals surface area (Å²) in [5.41, 5.74) is 2.92. The summed E-state index contributed by atoms with van der Waals surface area (Å²) in [5, 5.41) is 0.933. The number of likely N-dealkylation sites (N-methyl/N-ethyl adjacent to an activating group) is 1. The zero-order chi connectivity index (χ0) is 29.3. The summed E-state index contributed by atoms with van der Waals surface area (Å²) in [5.74, 6) is -0.885. The predicted octanol–water partition coefficient (Wildman–Crippen LogP) is 6.92. The van der Waals surface area contributed by atoms with Crippen LogP contribution < -0.4 is 4.90 Å². The standard InChI is InChI=1S/C32H33Cl2F2N3O2/c1-21(40)39-20-32(27-18-26(36)8-10-30(27)39)12-15-38(16-13-32)14-11-24(23-5-9-28(33)29(34)17-23)19-37(2)31(41)22-3-6-25(35)7-4-22/h3-10,17-18,24H,11-16,19-20H2,1-2H3/t24-/m1/s1. The van der Waals surface area contributed by atoms with Gasteiger partial charge in [-0.3, -0.25) is 9.59 Å². The van der Waals surface area contributed by atoms with Crippen LogP contribution in [-0.4, -0.2) is 61.4 Å². The lowest BCUT2D eigenvalue weighted by Gasteiger charge is -2.40. The van der Waals surface area contributed by atoms with Crippen molar-refractivity contribution in [2.45, 2.75) is 37.5 Å². The largest absolute Gasteiger partial charge is 0.341 e. The van der Waals surface area contributed by atoms with E-state index in [0.29, 0.717) is 28.7 Å². The summed E-state index contributed by atoms with van der Waals surface area (Å²) in [4.78, 5) is 31.3. The fourth-order valence-electron chi connectivity index (χ4n) is 6.25. The topological polar surface area (TPSA) is 43.9 Å². The minimum Gasteiger partial charge on any atom is -0.341 e. The molecule has 0 N–H and O–H groups in total. The number of piperidine rings is 1. The Hall–Kier alpha value is -3.00. The molecule has 5 nitrogen and oxygen atoms in total. The van der Waals surface area contributed by atoms with Crippen LogP contribution in [0, 0.1) is 11.6 Å². The number of hydrogen-bond donors (Lipinski definition) is 0. The van der Waals surface area contributed by atoms with E-state index in [9.17, 15) is 18.4 Å². The molecule has 2 heterocycles. The van der Waals surface area contributed by atoms with E-state index in [1.165, 1.54) is 30.3 Å². The Bertz CT molecular complexity index is 1440. The van der Waals surface area contributed by atoms with Crippen LogP contribution in [0.15, 0.2) is 60.7 Å². The zero-order valence-electron chi connectivity index (χ0n) is 23.2. The zero-order valence-corrected chi connectivity index (χ0v) is 24.7. The van der Waals surface area contributed by atoms with Gasteiger partial charge in [0.25, 0.3) is 5.91 Å². The average molecular weight is 601 g/mol. The van der Waals surface area contributed by atoms with Gasteiger partial charge in [-0.25, -0.2) is 8.78 Å². The van der Waals surface area contributed by atoms with Crippen molar-refractivity contribution in [3.05, 3.63) is 99.0 Å². The monoisotopic (exact) mass is 599 g/mol. The highest BCUT2D eigenvalue weighted by Crippen LogP contribution is 2.47. The van der Waals surface area contributed by atoms with Crippen LogP contribution in [0.4, 0.5) is 14.5 Å². The third-order valence-electron chi connectivity index (χ3n) is 8.62. The number of benzene rings is 3. The number of nitrogens with zero attached hydrogens (tertiary/aromatic N) is 3. The Morgan fingerprint density at radius 2 is 1.63 bits per heavy atom. The van der Waals surface area contributed by atoms with Gasteiger partial charge in [0.2, 0.25) is 5.91 Å². The van der Waals surface area contributed by atoms with Gasteiger partial charge < -0.3 is 14.7 Å². The summed E-state index contributed by atoms with van der Waals surface area (Å²) in [6, 6.07) is 15.9. The summed E-state index contributed by atoms with van der Waals surface area (Å²) < 4.78 is 27.6. The number of carbonyl (C=O) groups is 2. The SMILES string of the molecule is CC(=O)N1CC2(CCN(CC[C@H](CN(C)C(=O)c3ccc(F)cc3)c3ccc(Cl)c(Cl)c3)CC2)c2cc(F)ccc21. The number of amides is 2. The molecule has 216 valence electrons.